The summed E-state index contributed by atoms with van der Waals surface area (Å²) >= 11 is 6.23. The van der Waals surface area contributed by atoms with E-state index in [9.17, 15) is 14.4 Å². The van der Waals surface area contributed by atoms with E-state index in [1.54, 1.807) is 30.9 Å². The van der Waals surface area contributed by atoms with Crippen molar-refractivity contribution in [1.29, 1.82) is 0 Å². The number of ether oxygens (including phenoxy) is 1. The van der Waals surface area contributed by atoms with Crippen molar-refractivity contribution in [2.45, 2.75) is 52.0 Å². The molecule has 6 nitrogen and oxygen atoms in total. The fourth-order valence-corrected chi connectivity index (χ4v) is 6.29. The van der Waals surface area contributed by atoms with Gasteiger partial charge in [-0.1, -0.05) is 66.2 Å². The Bertz CT molecular complexity index is 1460. The van der Waals surface area contributed by atoms with E-state index < -0.39 is 11.9 Å². The van der Waals surface area contributed by atoms with Gasteiger partial charge in [0.25, 0.3) is 5.91 Å². The summed E-state index contributed by atoms with van der Waals surface area (Å²) in [7, 11) is 0. The molecule has 2 aliphatic heterocycles. The first-order chi connectivity index (χ1) is 20.3. The quantitative estimate of drug-likeness (QED) is 0.274. The molecule has 3 aromatic carbocycles. The maximum atomic E-state index is 13.4. The maximum Gasteiger partial charge on any atom is 0.336 e. The van der Waals surface area contributed by atoms with E-state index in [1.165, 1.54) is 5.56 Å². The van der Waals surface area contributed by atoms with Crippen molar-refractivity contribution in [3.8, 4) is 0 Å². The van der Waals surface area contributed by atoms with Crippen LogP contribution in [0.15, 0.2) is 90.1 Å². The van der Waals surface area contributed by atoms with Gasteiger partial charge in [-0.15, -0.1) is 0 Å². The monoisotopic (exact) mass is 584 g/mol. The van der Waals surface area contributed by atoms with Gasteiger partial charge in [0.15, 0.2) is 0 Å². The Hall–Kier alpha value is -3.90. The normalized spacial score (nSPS) is 17.9. The van der Waals surface area contributed by atoms with Crippen molar-refractivity contribution in [2.24, 2.45) is 5.92 Å². The molecule has 1 saturated heterocycles. The summed E-state index contributed by atoms with van der Waals surface area (Å²) in [6.07, 6.45) is 3.20. The van der Waals surface area contributed by atoms with E-state index in [1.807, 2.05) is 47.4 Å². The van der Waals surface area contributed by atoms with E-state index in [2.05, 4.69) is 24.3 Å². The Morgan fingerprint density at radius 1 is 0.929 bits per heavy atom. The minimum Gasteiger partial charge on any atom is -0.463 e. The van der Waals surface area contributed by atoms with Gasteiger partial charge in [-0.25, -0.2) is 4.79 Å². The zero-order valence-electron chi connectivity index (χ0n) is 24.2. The number of nitrogens with zero attached hydrogens (tertiary/aromatic N) is 2. The molecule has 2 amide bonds. The molecule has 7 heteroatoms. The number of esters is 1. The number of piperidine rings is 1. The molecule has 0 aliphatic carbocycles. The van der Waals surface area contributed by atoms with Gasteiger partial charge < -0.3 is 14.5 Å². The Morgan fingerprint density at radius 3 is 2.31 bits per heavy atom. The van der Waals surface area contributed by atoms with Crippen LogP contribution in [0.1, 0.15) is 66.1 Å². The van der Waals surface area contributed by atoms with Crippen molar-refractivity contribution in [3.63, 3.8) is 0 Å². The second kappa shape index (κ2) is 13.4. The van der Waals surface area contributed by atoms with Crippen molar-refractivity contribution in [1.82, 2.24) is 9.80 Å². The summed E-state index contributed by atoms with van der Waals surface area (Å²) < 4.78 is 5.39. The third-order valence-corrected chi connectivity index (χ3v) is 8.61. The zero-order chi connectivity index (χ0) is 29.6. The SMILES string of the molecule is CCOC(=O)C1=C(C)N(Cc2ccc(C(=O)N3CCC(Cc4ccccc4)CC3)cc2)C(=O)CC1c1cccc(Cl)c1. The van der Waals surface area contributed by atoms with Crippen molar-refractivity contribution < 1.29 is 19.1 Å². The third-order valence-electron chi connectivity index (χ3n) is 8.38. The molecular formula is C35H37ClN2O4. The second-order valence-electron chi connectivity index (χ2n) is 11.1. The summed E-state index contributed by atoms with van der Waals surface area (Å²) in [4.78, 5) is 43.3. The molecule has 1 fully saturated rings. The van der Waals surface area contributed by atoms with E-state index in [0.717, 1.165) is 43.5 Å². The summed E-state index contributed by atoms with van der Waals surface area (Å²) in [5.74, 6) is -0.299. The van der Waals surface area contributed by atoms with Crippen molar-refractivity contribution in [2.75, 3.05) is 19.7 Å². The molecule has 218 valence electrons. The summed E-state index contributed by atoms with van der Waals surface area (Å²) in [6.45, 7) is 5.62. The predicted molar refractivity (Wildman–Crippen MR) is 164 cm³/mol. The number of likely N-dealkylation sites (tertiary alicyclic amines) is 1. The number of carbonyl (C=O) groups is 3. The Labute approximate surface area is 252 Å². The molecule has 0 saturated carbocycles. The van der Waals surface area contributed by atoms with Crippen LogP contribution in [0.5, 0.6) is 0 Å². The van der Waals surface area contributed by atoms with Crippen LogP contribution in [-0.4, -0.2) is 47.3 Å². The fourth-order valence-electron chi connectivity index (χ4n) is 6.09. The van der Waals surface area contributed by atoms with Crippen LogP contribution in [0.2, 0.25) is 5.02 Å². The molecule has 0 N–H and O–H groups in total. The van der Waals surface area contributed by atoms with E-state index in [-0.39, 0.29) is 24.8 Å². The molecule has 3 aromatic rings. The van der Waals surface area contributed by atoms with Crippen LogP contribution in [-0.2, 0) is 27.3 Å². The topological polar surface area (TPSA) is 66.9 Å². The van der Waals surface area contributed by atoms with Crippen LogP contribution >= 0.6 is 11.6 Å². The standard InChI is InChI=1S/C35H37ClN2O4/c1-3-42-35(41)33-24(2)38(32(39)22-31(33)29-10-7-11-30(36)21-29)23-27-12-14-28(15-13-27)34(40)37-18-16-26(17-19-37)20-25-8-5-4-6-9-25/h4-15,21,26,31H,3,16-20,22-23H2,1-2H3. The minimum atomic E-state index is -0.427. The average Bonchev–Trinajstić information content (AvgIpc) is 3.00. The van der Waals surface area contributed by atoms with E-state index in [4.69, 9.17) is 16.3 Å². The number of hydrogen-bond acceptors (Lipinski definition) is 4. The summed E-state index contributed by atoms with van der Waals surface area (Å²) in [5, 5.41) is 0.550. The van der Waals surface area contributed by atoms with Gasteiger partial charge in [0.05, 0.1) is 18.7 Å². The molecule has 5 rings (SSSR count). The lowest BCUT2D eigenvalue weighted by Gasteiger charge is -2.34. The van der Waals surface area contributed by atoms with Gasteiger partial charge in [0.2, 0.25) is 5.91 Å². The summed E-state index contributed by atoms with van der Waals surface area (Å²) in [6, 6.07) is 25.3. The number of carbonyl (C=O) groups excluding carboxylic acids is 3. The molecule has 0 aromatic heterocycles. The van der Waals surface area contributed by atoms with Crippen LogP contribution in [0.4, 0.5) is 0 Å². The minimum absolute atomic E-state index is 0.0406. The average molecular weight is 585 g/mol. The highest BCUT2D eigenvalue weighted by Gasteiger charge is 2.37. The lowest BCUT2D eigenvalue weighted by molar-refractivity contribution is -0.140. The summed E-state index contributed by atoms with van der Waals surface area (Å²) in [5.41, 5.74) is 4.74. The Balaban J connectivity index is 1.26. The smallest absolute Gasteiger partial charge is 0.336 e. The number of halogens is 1. The van der Waals surface area contributed by atoms with E-state index in [0.29, 0.717) is 34.3 Å². The zero-order valence-corrected chi connectivity index (χ0v) is 25.0. The van der Waals surface area contributed by atoms with Gasteiger partial charge in [-0.3, -0.25) is 9.59 Å². The Morgan fingerprint density at radius 2 is 1.64 bits per heavy atom. The van der Waals surface area contributed by atoms with Crippen molar-refractivity contribution >= 4 is 29.4 Å². The molecular weight excluding hydrogens is 548 g/mol. The third kappa shape index (κ3) is 6.76. The largest absolute Gasteiger partial charge is 0.463 e. The van der Waals surface area contributed by atoms with Gasteiger partial charge in [0, 0.05) is 41.7 Å². The van der Waals surface area contributed by atoms with Crippen LogP contribution < -0.4 is 0 Å². The molecule has 2 heterocycles. The van der Waals surface area contributed by atoms with E-state index >= 15 is 0 Å². The van der Waals surface area contributed by atoms with Gasteiger partial charge in [-0.2, -0.15) is 0 Å². The first-order valence-corrected chi connectivity index (χ1v) is 15.1. The van der Waals surface area contributed by atoms with Crippen LogP contribution in [0.3, 0.4) is 0 Å². The number of benzene rings is 3. The van der Waals surface area contributed by atoms with Gasteiger partial charge in [-0.05, 0) is 80.0 Å². The number of rotatable bonds is 8. The first kappa shape index (κ1) is 29.6. The molecule has 42 heavy (non-hydrogen) atoms. The van der Waals surface area contributed by atoms with Crippen molar-refractivity contribution in [3.05, 3.63) is 117 Å². The van der Waals surface area contributed by atoms with Crippen LogP contribution in [0, 0.1) is 5.92 Å². The Kier molecular flexibility index (Phi) is 9.43. The molecule has 0 radical (unpaired) electrons. The van der Waals surface area contributed by atoms with Gasteiger partial charge in [0.1, 0.15) is 0 Å². The highest BCUT2D eigenvalue weighted by Crippen LogP contribution is 2.38. The lowest BCUT2D eigenvalue weighted by atomic mass is 9.83. The molecule has 2 aliphatic rings. The molecule has 1 atom stereocenters. The molecule has 1 unspecified atom stereocenters. The van der Waals surface area contributed by atoms with Gasteiger partial charge >= 0.3 is 5.97 Å². The molecule has 0 spiro atoms. The van der Waals surface area contributed by atoms with Crippen LogP contribution in [0.25, 0.3) is 0 Å². The molecule has 0 bridgehead atoms. The number of amides is 2. The predicted octanol–water partition coefficient (Wildman–Crippen LogP) is 6.79. The fraction of sp³-hybridized carbons (Fsp3) is 0.343. The second-order valence-corrected chi connectivity index (χ2v) is 11.6. The highest BCUT2D eigenvalue weighted by molar-refractivity contribution is 6.30. The number of allylic oxidation sites excluding steroid dienone is 1. The lowest BCUT2D eigenvalue weighted by Crippen LogP contribution is -2.39. The highest BCUT2D eigenvalue weighted by atomic mass is 35.5. The first-order valence-electron chi connectivity index (χ1n) is 14.7. The maximum absolute atomic E-state index is 13.4. The number of hydrogen-bond donors (Lipinski definition) is 0.